The van der Waals surface area contributed by atoms with Crippen LogP contribution in [-0.4, -0.2) is 17.6 Å². The number of carbonyl (C=O) groups excluding carboxylic acids is 2. The second kappa shape index (κ2) is 2.21. The van der Waals surface area contributed by atoms with E-state index >= 15 is 0 Å². The van der Waals surface area contributed by atoms with Crippen molar-refractivity contribution in [1.29, 1.82) is 0 Å². The third-order valence-corrected chi connectivity index (χ3v) is 2.86. The largest absolute Gasteiger partial charge is 0.432 e. The first-order valence-electron chi connectivity index (χ1n) is 4.17. The number of hydrogen-bond donors (Lipinski definition) is 1. The fourth-order valence-electron chi connectivity index (χ4n) is 1.71. The van der Waals surface area contributed by atoms with Gasteiger partial charge < -0.3 is 4.74 Å². The molecule has 1 heterocycles. The van der Waals surface area contributed by atoms with E-state index in [1.54, 1.807) is 6.92 Å². The van der Waals surface area contributed by atoms with Crippen LogP contribution in [0.3, 0.4) is 0 Å². The van der Waals surface area contributed by atoms with Gasteiger partial charge in [-0.2, -0.15) is 0 Å². The first-order valence-corrected chi connectivity index (χ1v) is 4.17. The Kier molecular flexibility index (Phi) is 1.40. The second-order valence-electron chi connectivity index (χ2n) is 3.58. The van der Waals surface area contributed by atoms with Gasteiger partial charge in [-0.1, -0.05) is 6.42 Å². The summed E-state index contributed by atoms with van der Waals surface area (Å²) < 4.78 is 4.97. The van der Waals surface area contributed by atoms with Crippen molar-refractivity contribution in [3.63, 3.8) is 0 Å². The molecule has 4 nitrogen and oxygen atoms in total. The van der Waals surface area contributed by atoms with Crippen molar-refractivity contribution >= 4 is 12.0 Å². The van der Waals surface area contributed by atoms with Gasteiger partial charge in [0, 0.05) is 5.92 Å². The van der Waals surface area contributed by atoms with Gasteiger partial charge in [0.2, 0.25) is 0 Å². The highest BCUT2D eigenvalue weighted by Crippen LogP contribution is 2.40. The number of hydrogen-bond acceptors (Lipinski definition) is 3. The van der Waals surface area contributed by atoms with Gasteiger partial charge in [-0.25, -0.2) is 4.79 Å². The molecular formula is C8H11NO3. The van der Waals surface area contributed by atoms with Crippen LogP contribution in [0.2, 0.25) is 0 Å². The Bertz CT molecular complexity index is 247. The average molecular weight is 169 g/mol. The minimum absolute atomic E-state index is 0.226. The summed E-state index contributed by atoms with van der Waals surface area (Å²) in [5, 5.41) is 2.16. The molecule has 2 rings (SSSR count). The average Bonchev–Trinajstić information content (AvgIpc) is 2.02. The molecular weight excluding hydrogens is 158 g/mol. The molecule has 1 aliphatic carbocycles. The topological polar surface area (TPSA) is 55.4 Å². The fourth-order valence-corrected chi connectivity index (χ4v) is 1.71. The van der Waals surface area contributed by atoms with Crippen LogP contribution in [0.25, 0.3) is 0 Å². The van der Waals surface area contributed by atoms with Crippen LogP contribution in [0.1, 0.15) is 26.2 Å². The SMILES string of the molecule is CC1(C2CCC2)OC(=O)NC1=O. The highest BCUT2D eigenvalue weighted by molar-refractivity contribution is 6.02. The molecule has 2 amide bonds. The van der Waals surface area contributed by atoms with E-state index in [0.717, 1.165) is 19.3 Å². The number of rotatable bonds is 1. The molecule has 1 saturated carbocycles. The Morgan fingerprint density at radius 2 is 2.17 bits per heavy atom. The van der Waals surface area contributed by atoms with Crippen molar-refractivity contribution in [3.8, 4) is 0 Å². The van der Waals surface area contributed by atoms with E-state index in [-0.39, 0.29) is 11.8 Å². The summed E-state index contributed by atoms with van der Waals surface area (Å²) in [4.78, 5) is 22.0. The first kappa shape index (κ1) is 7.58. The van der Waals surface area contributed by atoms with Crippen molar-refractivity contribution in [1.82, 2.24) is 5.32 Å². The highest BCUT2D eigenvalue weighted by atomic mass is 16.6. The van der Waals surface area contributed by atoms with Crippen LogP contribution in [0, 0.1) is 5.92 Å². The highest BCUT2D eigenvalue weighted by Gasteiger charge is 2.52. The molecule has 0 aromatic heterocycles. The number of imide groups is 1. The monoisotopic (exact) mass is 169 g/mol. The number of cyclic esters (lactones) is 1. The lowest BCUT2D eigenvalue weighted by molar-refractivity contribution is -0.137. The lowest BCUT2D eigenvalue weighted by Gasteiger charge is -2.35. The lowest BCUT2D eigenvalue weighted by Crippen LogP contribution is -2.46. The molecule has 0 radical (unpaired) electrons. The normalized spacial score (nSPS) is 35.8. The van der Waals surface area contributed by atoms with Crippen LogP contribution in [0.15, 0.2) is 0 Å². The van der Waals surface area contributed by atoms with E-state index in [2.05, 4.69) is 5.32 Å². The standard InChI is InChI=1S/C8H11NO3/c1-8(5-3-2-4-5)6(10)9-7(11)12-8/h5H,2-4H2,1H3,(H,9,10,11). The van der Waals surface area contributed by atoms with Crippen molar-refractivity contribution in [2.24, 2.45) is 5.92 Å². The summed E-state index contributed by atoms with van der Waals surface area (Å²) in [6.07, 6.45) is 2.49. The maximum absolute atomic E-state index is 11.3. The molecule has 1 saturated heterocycles. The minimum Gasteiger partial charge on any atom is -0.432 e. The zero-order valence-corrected chi connectivity index (χ0v) is 6.92. The molecule has 1 atom stereocenters. The molecule has 1 N–H and O–H groups in total. The third-order valence-electron chi connectivity index (χ3n) is 2.86. The van der Waals surface area contributed by atoms with E-state index in [4.69, 9.17) is 4.74 Å². The summed E-state index contributed by atoms with van der Waals surface area (Å²) in [7, 11) is 0. The van der Waals surface area contributed by atoms with E-state index < -0.39 is 11.7 Å². The van der Waals surface area contributed by atoms with Gasteiger partial charge in [0.05, 0.1) is 0 Å². The Labute approximate surface area is 70.3 Å². The van der Waals surface area contributed by atoms with E-state index in [0.29, 0.717) is 0 Å². The Balaban J connectivity index is 2.18. The molecule has 0 spiro atoms. The molecule has 0 aromatic carbocycles. The van der Waals surface area contributed by atoms with Crippen LogP contribution in [0.5, 0.6) is 0 Å². The molecule has 1 aliphatic heterocycles. The van der Waals surface area contributed by atoms with Gasteiger partial charge in [-0.05, 0) is 19.8 Å². The van der Waals surface area contributed by atoms with Gasteiger partial charge in [0.1, 0.15) is 0 Å². The number of ether oxygens (including phenoxy) is 1. The molecule has 4 heteroatoms. The Hall–Kier alpha value is -1.06. The summed E-state index contributed by atoms with van der Waals surface area (Å²) in [6, 6.07) is 0. The second-order valence-corrected chi connectivity index (χ2v) is 3.58. The Morgan fingerprint density at radius 3 is 2.50 bits per heavy atom. The molecule has 1 unspecified atom stereocenters. The molecule has 0 aromatic rings. The quantitative estimate of drug-likeness (QED) is 0.632. The molecule has 12 heavy (non-hydrogen) atoms. The summed E-state index contributed by atoms with van der Waals surface area (Å²) in [5.74, 6) is -0.0545. The molecule has 0 bridgehead atoms. The maximum atomic E-state index is 11.3. The van der Waals surface area contributed by atoms with Crippen LogP contribution >= 0.6 is 0 Å². The molecule has 2 fully saturated rings. The van der Waals surface area contributed by atoms with Gasteiger partial charge >= 0.3 is 6.09 Å². The minimum atomic E-state index is -0.880. The summed E-state index contributed by atoms with van der Waals surface area (Å²) >= 11 is 0. The van der Waals surface area contributed by atoms with E-state index in [1.807, 2.05) is 0 Å². The maximum Gasteiger partial charge on any atom is 0.415 e. The summed E-state index contributed by atoms with van der Waals surface area (Å²) in [6.45, 7) is 1.69. The number of carbonyl (C=O) groups is 2. The Morgan fingerprint density at radius 1 is 1.50 bits per heavy atom. The smallest absolute Gasteiger partial charge is 0.415 e. The predicted octanol–water partition coefficient (Wildman–Crippen LogP) is 0.812. The lowest BCUT2D eigenvalue weighted by atomic mass is 9.73. The fraction of sp³-hybridized carbons (Fsp3) is 0.750. The summed E-state index contributed by atoms with van der Waals surface area (Å²) in [5.41, 5.74) is -0.880. The van der Waals surface area contributed by atoms with Gasteiger partial charge in [0.25, 0.3) is 5.91 Å². The van der Waals surface area contributed by atoms with Crippen LogP contribution in [0.4, 0.5) is 4.79 Å². The van der Waals surface area contributed by atoms with Crippen molar-refractivity contribution in [3.05, 3.63) is 0 Å². The van der Waals surface area contributed by atoms with Gasteiger partial charge in [0.15, 0.2) is 5.60 Å². The van der Waals surface area contributed by atoms with E-state index in [1.165, 1.54) is 0 Å². The predicted molar refractivity (Wildman–Crippen MR) is 40.4 cm³/mol. The number of amides is 2. The zero-order chi connectivity index (χ0) is 8.77. The van der Waals surface area contributed by atoms with Crippen molar-refractivity contribution in [2.45, 2.75) is 31.8 Å². The van der Waals surface area contributed by atoms with Crippen molar-refractivity contribution in [2.75, 3.05) is 0 Å². The third kappa shape index (κ3) is 0.838. The zero-order valence-electron chi connectivity index (χ0n) is 6.92. The van der Waals surface area contributed by atoms with Gasteiger partial charge in [-0.15, -0.1) is 0 Å². The molecule has 66 valence electrons. The van der Waals surface area contributed by atoms with Crippen LogP contribution < -0.4 is 5.32 Å². The first-order chi connectivity index (χ1) is 5.63. The van der Waals surface area contributed by atoms with E-state index in [9.17, 15) is 9.59 Å². The van der Waals surface area contributed by atoms with Crippen molar-refractivity contribution < 1.29 is 14.3 Å². The number of nitrogens with one attached hydrogen (secondary N) is 1. The molecule has 2 aliphatic rings. The van der Waals surface area contributed by atoms with Gasteiger partial charge in [-0.3, -0.25) is 10.1 Å². The number of alkyl carbamates (subject to hydrolysis) is 1. The van der Waals surface area contributed by atoms with Crippen LogP contribution in [-0.2, 0) is 9.53 Å².